The summed E-state index contributed by atoms with van der Waals surface area (Å²) in [7, 11) is 1.91. The van der Waals surface area contributed by atoms with E-state index in [9.17, 15) is 4.79 Å². The summed E-state index contributed by atoms with van der Waals surface area (Å²) in [6.45, 7) is 4.09. The highest BCUT2D eigenvalue weighted by atomic mass is 16.4. The fourth-order valence-corrected chi connectivity index (χ4v) is 1.63. The van der Waals surface area contributed by atoms with Crippen LogP contribution in [-0.2, 0) is 0 Å². The van der Waals surface area contributed by atoms with E-state index in [1.165, 1.54) is 0 Å². The van der Waals surface area contributed by atoms with E-state index in [4.69, 9.17) is 5.11 Å². The van der Waals surface area contributed by atoms with Crippen molar-refractivity contribution in [2.45, 2.75) is 19.9 Å². The van der Waals surface area contributed by atoms with Crippen molar-refractivity contribution in [3.05, 3.63) is 30.0 Å². The Morgan fingerprint density at radius 3 is 2.72 bits per heavy atom. The topological polar surface area (TPSA) is 66.3 Å². The summed E-state index contributed by atoms with van der Waals surface area (Å²) < 4.78 is 0. The Hall–Kier alpha value is -2.17. The van der Waals surface area contributed by atoms with Crippen LogP contribution >= 0.6 is 0 Å². The van der Waals surface area contributed by atoms with Crippen molar-refractivity contribution in [2.75, 3.05) is 11.9 Å². The number of hydrogen-bond acceptors (Lipinski definition) is 4. The first-order valence-electron chi connectivity index (χ1n) is 5.72. The normalized spacial score (nSPS) is 10.9. The number of anilines is 1. The smallest absolute Gasteiger partial charge is 0.336 e. The van der Waals surface area contributed by atoms with Gasteiger partial charge in [-0.05, 0) is 26.0 Å². The lowest BCUT2D eigenvalue weighted by molar-refractivity contribution is 0.0699. The number of carbonyl (C=O) groups is 1. The second kappa shape index (κ2) is 4.60. The van der Waals surface area contributed by atoms with E-state index in [1.807, 2.05) is 25.8 Å². The third kappa shape index (κ3) is 2.11. The average Bonchev–Trinajstić information content (AvgIpc) is 2.36. The highest BCUT2D eigenvalue weighted by Gasteiger charge is 2.12. The SMILES string of the molecule is CC(C)N(C)c1ncc2c(C(=O)O)cccc2n1. The molecule has 0 radical (unpaired) electrons. The van der Waals surface area contributed by atoms with Crippen LogP contribution in [0.2, 0.25) is 0 Å². The van der Waals surface area contributed by atoms with Gasteiger partial charge in [-0.15, -0.1) is 0 Å². The second-order valence-electron chi connectivity index (χ2n) is 4.42. The van der Waals surface area contributed by atoms with E-state index in [1.54, 1.807) is 24.4 Å². The Morgan fingerprint density at radius 1 is 1.39 bits per heavy atom. The molecule has 0 saturated heterocycles. The Kier molecular flexibility index (Phi) is 3.14. The quantitative estimate of drug-likeness (QED) is 0.897. The molecule has 18 heavy (non-hydrogen) atoms. The van der Waals surface area contributed by atoms with Gasteiger partial charge in [0.2, 0.25) is 5.95 Å². The number of aromatic carboxylic acids is 1. The van der Waals surface area contributed by atoms with Crippen LogP contribution in [0.15, 0.2) is 24.4 Å². The fraction of sp³-hybridized carbons (Fsp3) is 0.308. The third-order valence-corrected chi connectivity index (χ3v) is 2.93. The molecule has 1 N–H and O–H groups in total. The van der Waals surface area contributed by atoms with E-state index >= 15 is 0 Å². The number of aromatic nitrogens is 2. The summed E-state index contributed by atoms with van der Waals surface area (Å²) in [5, 5.41) is 9.64. The number of hydrogen-bond donors (Lipinski definition) is 1. The summed E-state index contributed by atoms with van der Waals surface area (Å²) in [6, 6.07) is 5.32. The predicted molar refractivity (Wildman–Crippen MR) is 70.0 cm³/mol. The van der Waals surface area contributed by atoms with Gasteiger partial charge in [0.15, 0.2) is 0 Å². The molecule has 1 aromatic carbocycles. The Balaban J connectivity index is 2.57. The lowest BCUT2D eigenvalue weighted by Gasteiger charge is -2.21. The van der Waals surface area contributed by atoms with E-state index in [-0.39, 0.29) is 11.6 Å². The maximum absolute atomic E-state index is 11.1. The molecule has 0 spiro atoms. The monoisotopic (exact) mass is 245 g/mol. The molecule has 5 heteroatoms. The van der Waals surface area contributed by atoms with Gasteiger partial charge in [0.25, 0.3) is 0 Å². The molecule has 0 aliphatic heterocycles. The van der Waals surface area contributed by atoms with Crippen LogP contribution < -0.4 is 4.90 Å². The van der Waals surface area contributed by atoms with Gasteiger partial charge in [-0.3, -0.25) is 0 Å². The first kappa shape index (κ1) is 12.3. The summed E-state index contributed by atoms with van der Waals surface area (Å²) in [6.07, 6.45) is 1.57. The summed E-state index contributed by atoms with van der Waals surface area (Å²) in [4.78, 5) is 21.6. The molecule has 0 fully saturated rings. The van der Waals surface area contributed by atoms with Crippen LogP contribution in [0.4, 0.5) is 5.95 Å². The van der Waals surface area contributed by atoms with Crippen molar-refractivity contribution >= 4 is 22.8 Å². The molecule has 5 nitrogen and oxygen atoms in total. The van der Waals surface area contributed by atoms with Gasteiger partial charge in [-0.2, -0.15) is 0 Å². The van der Waals surface area contributed by atoms with Crippen molar-refractivity contribution in [2.24, 2.45) is 0 Å². The van der Waals surface area contributed by atoms with E-state index in [2.05, 4.69) is 9.97 Å². The van der Waals surface area contributed by atoms with Crippen LogP contribution in [0.3, 0.4) is 0 Å². The molecule has 2 rings (SSSR count). The van der Waals surface area contributed by atoms with Crippen molar-refractivity contribution in [3.63, 3.8) is 0 Å². The van der Waals surface area contributed by atoms with E-state index in [0.29, 0.717) is 16.9 Å². The van der Waals surface area contributed by atoms with Crippen LogP contribution in [0.25, 0.3) is 10.9 Å². The van der Waals surface area contributed by atoms with E-state index < -0.39 is 5.97 Å². The van der Waals surface area contributed by atoms with Crippen LogP contribution in [0, 0.1) is 0 Å². The first-order chi connectivity index (χ1) is 8.50. The van der Waals surface area contributed by atoms with Crippen molar-refractivity contribution < 1.29 is 9.90 Å². The summed E-state index contributed by atoms with van der Waals surface area (Å²) in [5.74, 6) is -0.366. The Labute approximate surface area is 105 Å². The number of rotatable bonds is 3. The molecule has 0 bridgehead atoms. The highest BCUT2D eigenvalue weighted by molar-refractivity contribution is 6.02. The number of nitrogens with zero attached hydrogens (tertiary/aromatic N) is 3. The second-order valence-corrected chi connectivity index (χ2v) is 4.42. The number of fused-ring (bicyclic) bond motifs is 1. The minimum atomic E-state index is -0.964. The van der Waals surface area contributed by atoms with Crippen molar-refractivity contribution in [3.8, 4) is 0 Å². The standard InChI is InChI=1S/C13H15N3O2/c1-8(2)16(3)13-14-7-10-9(12(17)18)5-4-6-11(10)15-13/h4-8H,1-3H3,(H,17,18). The molecule has 0 amide bonds. The fourth-order valence-electron chi connectivity index (χ4n) is 1.63. The zero-order chi connectivity index (χ0) is 13.3. The molecule has 0 unspecified atom stereocenters. The van der Waals surface area contributed by atoms with Crippen molar-refractivity contribution in [1.29, 1.82) is 0 Å². The van der Waals surface area contributed by atoms with Gasteiger partial charge in [-0.25, -0.2) is 14.8 Å². The number of benzene rings is 1. The average molecular weight is 245 g/mol. The molecule has 0 atom stereocenters. The van der Waals surface area contributed by atoms with Crippen LogP contribution in [-0.4, -0.2) is 34.1 Å². The number of carboxylic acids is 1. The van der Waals surface area contributed by atoms with Crippen LogP contribution in [0.5, 0.6) is 0 Å². The highest BCUT2D eigenvalue weighted by Crippen LogP contribution is 2.19. The zero-order valence-electron chi connectivity index (χ0n) is 10.6. The van der Waals surface area contributed by atoms with Gasteiger partial charge in [0, 0.05) is 24.7 Å². The molecular weight excluding hydrogens is 230 g/mol. The molecule has 0 aliphatic carbocycles. The lowest BCUT2D eigenvalue weighted by atomic mass is 10.1. The Morgan fingerprint density at radius 2 is 2.11 bits per heavy atom. The minimum absolute atomic E-state index is 0.228. The first-order valence-corrected chi connectivity index (χ1v) is 5.72. The largest absolute Gasteiger partial charge is 0.478 e. The van der Waals surface area contributed by atoms with E-state index in [0.717, 1.165) is 0 Å². The van der Waals surface area contributed by atoms with Crippen LogP contribution in [0.1, 0.15) is 24.2 Å². The molecule has 1 aromatic heterocycles. The van der Waals surface area contributed by atoms with Gasteiger partial charge in [0.1, 0.15) is 0 Å². The third-order valence-electron chi connectivity index (χ3n) is 2.93. The molecule has 0 saturated carbocycles. The van der Waals surface area contributed by atoms with Gasteiger partial charge in [0.05, 0.1) is 11.1 Å². The molecule has 1 heterocycles. The van der Waals surface area contributed by atoms with Gasteiger partial charge in [-0.1, -0.05) is 6.07 Å². The van der Waals surface area contributed by atoms with Gasteiger partial charge >= 0.3 is 5.97 Å². The lowest BCUT2D eigenvalue weighted by Crippen LogP contribution is -2.27. The summed E-state index contributed by atoms with van der Waals surface area (Å²) >= 11 is 0. The van der Waals surface area contributed by atoms with Gasteiger partial charge < -0.3 is 10.0 Å². The zero-order valence-corrected chi connectivity index (χ0v) is 10.6. The minimum Gasteiger partial charge on any atom is -0.478 e. The molecule has 2 aromatic rings. The Bertz CT molecular complexity index is 596. The molecule has 94 valence electrons. The maximum atomic E-state index is 11.1. The van der Waals surface area contributed by atoms with Crippen molar-refractivity contribution in [1.82, 2.24) is 9.97 Å². The molecule has 0 aliphatic rings. The maximum Gasteiger partial charge on any atom is 0.336 e. The summed E-state index contributed by atoms with van der Waals surface area (Å²) in [5.41, 5.74) is 0.874. The predicted octanol–water partition coefficient (Wildman–Crippen LogP) is 2.17. The molecular formula is C13H15N3O2. The number of carboxylic acid groups (broad SMARTS) is 1.